The Morgan fingerprint density at radius 2 is 2.04 bits per heavy atom. The predicted molar refractivity (Wildman–Crippen MR) is 108 cm³/mol. The van der Waals surface area contributed by atoms with Gasteiger partial charge in [-0.2, -0.15) is 5.10 Å². The molecular weight excluding hydrogens is 356 g/mol. The number of thiophene rings is 1. The molecule has 6 nitrogen and oxygen atoms in total. The van der Waals surface area contributed by atoms with Gasteiger partial charge in [0.25, 0.3) is 0 Å². The van der Waals surface area contributed by atoms with Crippen molar-refractivity contribution in [2.75, 3.05) is 18.0 Å². The van der Waals surface area contributed by atoms with Crippen molar-refractivity contribution in [1.82, 2.24) is 25.1 Å². The summed E-state index contributed by atoms with van der Waals surface area (Å²) in [6.07, 6.45) is 2.21. The molecule has 7 heteroatoms. The summed E-state index contributed by atoms with van der Waals surface area (Å²) in [5.74, 6) is 3.92. The van der Waals surface area contributed by atoms with E-state index in [1.807, 2.05) is 19.1 Å². The van der Waals surface area contributed by atoms with Gasteiger partial charge in [0, 0.05) is 24.4 Å². The highest BCUT2D eigenvalue weighted by Crippen LogP contribution is 2.33. The summed E-state index contributed by atoms with van der Waals surface area (Å²) < 4.78 is 0. The Bertz CT molecular complexity index is 1070. The molecule has 1 unspecified atom stereocenters. The van der Waals surface area contributed by atoms with E-state index in [2.05, 4.69) is 49.7 Å². The third-order valence-electron chi connectivity index (χ3n) is 5.03. The van der Waals surface area contributed by atoms with Crippen LogP contribution in [0.2, 0.25) is 0 Å². The maximum Gasteiger partial charge on any atom is 0.172 e. The van der Waals surface area contributed by atoms with Crippen molar-refractivity contribution in [3.8, 4) is 10.7 Å². The van der Waals surface area contributed by atoms with Crippen LogP contribution in [0.4, 0.5) is 5.82 Å². The van der Waals surface area contributed by atoms with Crippen LogP contribution >= 0.6 is 11.3 Å². The molecule has 1 saturated heterocycles. The third-order valence-corrected chi connectivity index (χ3v) is 5.89. The van der Waals surface area contributed by atoms with Crippen LogP contribution in [0.5, 0.6) is 0 Å². The summed E-state index contributed by atoms with van der Waals surface area (Å²) in [5.41, 5.74) is 0.988. The quantitative estimate of drug-likeness (QED) is 0.581. The van der Waals surface area contributed by atoms with Crippen LogP contribution in [0.15, 0.2) is 41.8 Å². The van der Waals surface area contributed by atoms with Gasteiger partial charge < -0.3 is 4.90 Å². The lowest BCUT2D eigenvalue weighted by molar-refractivity contribution is 0.490. The van der Waals surface area contributed by atoms with Crippen molar-refractivity contribution < 1.29 is 0 Å². The van der Waals surface area contributed by atoms with Gasteiger partial charge in [0.15, 0.2) is 11.6 Å². The topological polar surface area (TPSA) is 70.6 Å². The van der Waals surface area contributed by atoms with Gasteiger partial charge in [-0.1, -0.05) is 18.2 Å². The molecule has 0 radical (unpaired) electrons. The SMILES string of the molecule is Cc1nc(C2CCCN(c3nc(-c4cccs4)nc4ccccc34)C2)n[nH]1. The highest BCUT2D eigenvalue weighted by atomic mass is 32.1. The number of nitrogens with zero attached hydrogens (tertiary/aromatic N) is 5. The number of hydrogen-bond acceptors (Lipinski definition) is 6. The van der Waals surface area contributed by atoms with Crippen molar-refractivity contribution >= 4 is 28.1 Å². The van der Waals surface area contributed by atoms with Gasteiger partial charge in [0.1, 0.15) is 11.6 Å². The molecule has 1 fully saturated rings. The lowest BCUT2D eigenvalue weighted by atomic mass is 9.97. The number of hydrogen-bond donors (Lipinski definition) is 1. The van der Waals surface area contributed by atoms with Crippen LogP contribution in [0.25, 0.3) is 21.6 Å². The van der Waals surface area contributed by atoms with Crippen molar-refractivity contribution in [3.05, 3.63) is 53.4 Å². The van der Waals surface area contributed by atoms with Crippen molar-refractivity contribution in [1.29, 1.82) is 0 Å². The fourth-order valence-corrected chi connectivity index (χ4v) is 4.40. The molecule has 1 aliphatic heterocycles. The van der Waals surface area contributed by atoms with Crippen LogP contribution in [-0.2, 0) is 0 Å². The fourth-order valence-electron chi connectivity index (χ4n) is 3.74. The minimum Gasteiger partial charge on any atom is -0.355 e. The summed E-state index contributed by atoms with van der Waals surface area (Å²) in [6.45, 7) is 3.81. The zero-order valence-corrected chi connectivity index (χ0v) is 15.9. The molecule has 136 valence electrons. The zero-order chi connectivity index (χ0) is 18.2. The van der Waals surface area contributed by atoms with Crippen molar-refractivity contribution in [2.45, 2.75) is 25.7 Å². The molecule has 1 aromatic carbocycles. The first-order valence-electron chi connectivity index (χ1n) is 9.22. The Balaban J connectivity index is 1.57. The van der Waals surface area contributed by atoms with E-state index in [0.717, 1.165) is 65.0 Å². The first-order valence-corrected chi connectivity index (χ1v) is 10.1. The minimum absolute atomic E-state index is 0.322. The Hall–Kier alpha value is -2.80. The molecular formula is C20H20N6S. The molecule has 1 atom stereocenters. The van der Waals surface area contributed by atoms with E-state index >= 15 is 0 Å². The van der Waals surface area contributed by atoms with Crippen LogP contribution in [0.1, 0.15) is 30.4 Å². The van der Waals surface area contributed by atoms with Gasteiger partial charge in [-0.3, -0.25) is 5.10 Å². The molecule has 1 N–H and O–H groups in total. The second kappa shape index (κ2) is 6.74. The standard InChI is InChI=1S/C20H20N6S/c1-13-21-18(25-24-13)14-6-4-10-26(12-14)20-15-7-2-3-8-16(15)22-19(23-20)17-9-5-11-27-17/h2-3,5,7-9,11,14H,4,6,10,12H2,1H3,(H,21,24,25). The highest BCUT2D eigenvalue weighted by molar-refractivity contribution is 7.13. The molecule has 4 aromatic rings. The number of benzene rings is 1. The first-order chi connectivity index (χ1) is 13.3. The van der Waals surface area contributed by atoms with Gasteiger partial charge in [0.2, 0.25) is 0 Å². The molecule has 3 aromatic heterocycles. The molecule has 27 heavy (non-hydrogen) atoms. The largest absolute Gasteiger partial charge is 0.355 e. The van der Waals surface area contributed by atoms with E-state index in [1.54, 1.807) is 11.3 Å². The van der Waals surface area contributed by atoms with E-state index in [9.17, 15) is 0 Å². The van der Waals surface area contributed by atoms with E-state index in [1.165, 1.54) is 0 Å². The number of nitrogens with one attached hydrogen (secondary N) is 1. The minimum atomic E-state index is 0.322. The smallest absolute Gasteiger partial charge is 0.172 e. The summed E-state index contributed by atoms with van der Waals surface area (Å²) in [6, 6.07) is 12.4. The maximum atomic E-state index is 4.98. The van der Waals surface area contributed by atoms with Crippen molar-refractivity contribution in [3.63, 3.8) is 0 Å². The summed E-state index contributed by atoms with van der Waals surface area (Å²) in [4.78, 5) is 17.8. The van der Waals surface area contributed by atoms with Gasteiger partial charge in [-0.25, -0.2) is 15.0 Å². The number of anilines is 1. The second-order valence-corrected chi connectivity index (χ2v) is 7.88. The zero-order valence-electron chi connectivity index (χ0n) is 15.1. The second-order valence-electron chi connectivity index (χ2n) is 6.93. The highest BCUT2D eigenvalue weighted by Gasteiger charge is 2.26. The van der Waals surface area contributed by atoms with Gasteiger partial charge in [-0.15, -0.1) is 11.3 Å². The average Bonchev–Trinajstić information content (AvgIpc) is 3.39. The van der Waals surface area contributed by atoms with Crippen molar-refractivity contribution in [2.24, 2.45) is 0 Å². The Morgan fingerprint density at radius 3 is 2.85 bits per heavy atom. The number of fused-ring (bicyclic) bond motifs is 1. The summed E-state index contributed by atoms with van der Waals surface area (Å²) in [7, 11) is 0. The van der Waals surface area contributed by atoms with Crippen LogP contribution in [0.3, 0.4) is 0 Å². The van der Waals surface area contributed by atoms with Crippen LogP contribution in [0, 0.1) is 6.92 Å². The first kappa shape index (κ1) is 16.4. The maximum absolute atomic E-state index is 4.98. The number of aromatic amines is 1. The third kappa shape index (κ3) is 3.08. The molecule has 0 spiro atoms. The number of aryl methyl sites for hydroxylation is 1. The van der Waals surface area contributed by atoms with Crippen LogP contribution in [-0.4, -0.2) is 38.2 Å². The number of para-hydroxylation sites is 1. The van der Waals surface area contributed by atoms with Crippen LogP contribution < -0.4 is 4.90 Å². The molecule has 4 heterocycles. The molecule has 1 aliphatic rings. The number of aromatic nitrogens is 5. The monoisotopic (exact) mass is 376 g/mol. The normalized spacial score (nSPS) is 17.5. The molecule has 0 saturated carbocycles. The molecule has 0 aliphatic carbocycles. The summed E-state index contributed by atoms with van der Waals surface area (Å²) in [5, 5.41) is 10.5. The number of rotatable bonds is 3. The summed E-state index contributed by atoms with van der Waals surface area (Å²) >= 11 is 1.67. The van der Waals surface area contributed by atoms with Gasteiger partial charge in [-0.05, 0) is 43.3 Å². The fraction of sp³-hybridized carbons (Fsp3) is 0.300. The van der Waals surface area contributed by atoms with E-state index in [4.69, 9.17) is 9.97 Å². The molecule has 5 rings (SSSR count). The lowest BCUT2D eigenvalue weighted by Crippen LogP contribution is -2.35. The Labute approximate surface area is 161 Å². The van der Waals surface area contributed by atoms with E-state index in [0.29, 0.717) is 5.92 Å². The number of H-pyrrole nitrogens is 1. The Kier molecular flexibility index (Phi) is 4.09. The average molecular weight is 376 g/mol. The van der Waals surface area contributed by atoms with E-state index < -0.39 is 0 Å². The molecule has 0 amide bonds. The Morgan fingerprint density at radius 1 is 1.11 bits per heavy atom. The number of piperidine rings is 1. The van der Waals surface area contributed by atoms with Gasteiger partial charge >= 0.3 is 0 Å². The molecule has 0 bridgehead atoms. The van der Waals surface area contributed by atoms with E-state index in [-0.39, 0.29) is 0 Å². The van der Waals surface area contributed by atoms with Gasteiger partial charge in [0.05, 0.1) is 10.4 Å². The predicted octanol–water partition coefficient (Wildman–Crippen LogP) is 4.17. The lowest BCUT2D eigenvalue weighted by Gasteiger charge is -2.33.